The van der Waals surface area contributed by atoms with Gasteiger partial charge in [0.15, 0.2) is 0 Å². The van der Waals surface area contributed by atoms with Crippen LogP contribution in [0.3, 0.4) is 0 Å². The molecular weight excluding hydrogens is 234 g/mol. The molecule has 1 aliphatic rings. The number of methoxy groups -OCH3 is 1. The molecule has 0 saturated heterocycles. The van der Waals surface area contributed by atoms with Crippen molar-refractivity contribution in [3.05, 3.63) is 18.2 Å². The molecule has 0 bridgehead atoms. The molecule has 1 N–H and O–H groups in total. The molecule has 1 heterocycles. The van der Waals surface area contributed by atoms with Crippen LogP contribution in [0.4, 0.5) is 0 Å². The molecule has 0 atom stereocenters. The number of nitrogens with zero attached hydrogens (tertiary/aromatic N) is 2. The molecule has 1 fully saturated rings. The van der Waals surface area contributed by atoms with E-state index in [2.05, 4.69) is 14.7 Å². The number of imidazole rings is 1. The topological polar surface area (TPSA) is 75.3 Å². The molecule has 0 aliphatic heterocycles. The molecule has 98 valence electrons. The van der Waals surface area contributed by atoms with Gasteiger partial charge in [0.2, 0.25) is 0 Å². The van der Waals surface area contributed by atoms with Crippen LogP contribution in [-0.2, 0) is 9.53 Å². The molecule has 0 spiro atoms. The van der Waals surface area contributed by atoms with Crippen molar-refractivity contribution in [2.75, 3.05) is 13.7 Å². The first-order chi connectivity index (χ1) is 8.72. The number of hydrogen-bond acceptors (Lipinski definition) is 4. The molecule has 6 heteroatoms. The van der Waals surface area contributed by atoms with Gasteiger partial charge in [-0.15, -0.1) is 0 Å². The molecule has 6 nitrogen and oxygen atoms in total. The number of carbonyl (C=O) groups is 2. The molecular formula is C12H17N3O3. The lowest BCUT2D eigenvalue weighted by Crippen LogP contribution is -2.42. The minimum atomic E-state index is -0.394. The number of carbonyl (C=O) groups excluding carboxylic acids is 2. The predicted octanol–water partition coefficient (Wildman–Crippen LogP) is 0.967. The summed E-state index contributed by atoms with van der Waals surface area (Å²) in [5.74, 6) is -0.584. The van der Waals surface area contributed by atoms with Crippen LogP contribution in [-0.4, -0.2) is 46.4 Å². The van der Waals surface area contributed by atoms with Gasteiger partial charge in [-0.25, -0.2) is 4.98 Å². The van der Waals surface area contributed by atoms with Gasteiger partial charge in [0.25, 0.3) is 5.91 Å². The Labute approximate surface area is 105 Å². The van der Waals surface area contributed by atoms with Gasteiger partial charge in [-0.1, -0.05) is 12.8 Å². The Kier molecular flexibility index (Phi) is 3.96. The van der Waals surface area contributed by atoms with E-state index in [-0.39, 0.29) is 18.5 Å². The average molecular weight is 251 g/mol. The SMILES string of the molecule is COC(=O)CN(C(=O)c1cnc[nH]1)C1CCCC1. The molecule has 2 rings (SSSR count). The van der Waals surface area contributed by atoms with Crippen LogP contribution in [0.2, 0.25) is 0 Å². The molecule has 1 aromatic rings. The molecule has 1 amide bonds. The van der Waals surface area contributed by atoms with E-state index in [4.69, 9.17) is 0 Å². The van der Waals surface area contributed by atoms with Gasteiger partial charge in [0.05, 0.1) is 19.6 Å². The van der Waals surface area contributed by atoms with Gasteiger partial charge in [0, 0.05) is 6.04 Å². The van der Waals surface area contributed by atoms with Gasteiger partial charge in [0.1, 0.15) is 12.2 Å². The van der Waals surface area contributed by atoms with Crippen molar-refractivity contribution < 1.29 is 14.3 Å². The largest absolute Gasteiger partial charge is 0.468 e. The maximum atomic E-state index is 12.3. The van der Waals surface area contributed by atoms with E-state index < -0.39 is 5.97 Å². The zero-order valence-corrected chi connectivity index (χ0v) is 10.4. The molecule has 1 aromatic heterocycles. The summed E-state index contributed by atoms with van der Waals surface area (Å²) in [6.45, 7) is -0.000972. The average Bonchev–Trinajstić information content (AvgIpc) is 3.06. The van der Waals surface area contributed by atoms with Crippen LogP contribution in [0.1, 0.15) is 36.2 Å². The number of nitrogens with one attached hydrogen (secondary N) is 1. The zero-order valence-electron chi connectivity index (χ0n) is 10.4. The Balaban J connectivity index is 2.13. The fourth-order valence-electron chi connectivity index (χ4n) is 2.31. The Morgan fingerprint density at radius 3 is 2.78 bits per heavy atom. The third kappa shape index (κ3) is 2.69. The Morgan fingerprint density at radius 1 is 1.50 bits per heavy atom. The lowest BCUT2D eigenvalue weighted by molar-refractivity contribution is -0.141. The highest BCUT2D eigenvalue weighted by Crippen LogP contribution is 2.24. The van der Waals surface area contributed by atoms with Gasteiger partial charge in [-0.3, -0.25) is 9.59 Å². The van der Waals surface area contributed by atoms with E-state index in [0.29, 0.717) is 5.69 Å². The number of H-pyrrole nitrogens is 1. The lowest BCUT2D eigenvalue weighted by atomic mass is 10.2. The second-order valence-electron chi connectivity index (χ2n) is 4.41. The number of aromatic nitrogens is 2. The second kappa shape index (κ2) is 5.66. The highest BCUT2D eigenvalue weighted by molar-refractivity contribution is 5.94. The van der Waals surface area contributed by atoms with Gasteiger partial charge in [-0.05, 0) is 12.8 Å². The Bertz CT molecular complexity index is 410. The van der Waals surface area contributed by atoms with Crippen molar-refractivity contribution in [3.63, 3.8) is 0 Å². The monoisotopic (exact) mass is 251 g/mol. The van der Waals surface area contributed by atoms with Crippen LogP contribution in [0.5, 0.6) is 0 Å². The maximum absolute atomic E-state index is 12.3. The smallest absolute Gasteiger partial charge is 0.325 e. The summed E-state index contributed by atoms with van der Waals surface area (Å²) in [6.07, 6.45) is 7.00. The second-order valence-corrected chi connectivity index (χ2v) is 4.41. The molecule has 0 radical (unpaired) electrons. The number of aromatic amines is 1. The van der Waals surface area contributed by atoms with Crippen molar-refractivity contribution in [3.8, 4) is 0 Å². The first-order valence-electron chi connectivity index (χ1n) is 6.08. The summed E-state index contributed by atoms with van der Waals surface area (Å²) in [4.78, 5) is 31.9. The molecule has 0 aromatic carbocycles. The summed E-state index contributed by atoms with van der Waals surface area (Å²) in [7, 11) is 1.33. The number of amides is 1. The van der Waals surface area contributed by atoms with Crippen LogP contribution in [0.15, 0.2) is 12.5 Å². The fourth-order valence-corrected chi connectivity index (χ4v) is 2.31. The van der Waals surface area contributed by atoms with Crippen molar-refractivity contribution in [1.82, 2.24) is 14.9 Å². The highest BCUT2D eigenvalue weighted by Gasteiger charge is 2.29. The van der Waals surface area contributed by atoms with Crippen molar-refractivity contribution in [2.45, 2.75) is 31.7 Å². The number of rotatable bonds is 4. The van der Waals surface area contributed by atoms with E-state index in [9.17, 15) is 9.59 Å². The minimum absolute atomic E-state index is 0.000972. The maximum Gasteiger partial charge on any atom is 0.325 e. The van der Waals surface area contributed by atoms with E-state index in [1.54, 1.807) is 4.90 Å². The van der Waals surface area contributed by atoms with Gasteiger partial charge in [-0.2, -0.15) is 0 Å². The van der Waals surface area contributed by atoms with Crippen LogP contribution in [0.25, 0.3) is 0 Å². The summed E-state index contributed by atoms with van der Waals surface area (Å²) >= 11 is 0. The van der Waals surface area contributed by atoms with Crippen molar-refractivity contribution in [2.24, 2.45) is 0 Å². The first-order valence-corrected chi connectivity index (χ1v) is 6.08. The van der Waals surface area contributed by atoms with E-state index in [0.717, 1.165) is 25.7 Å². The quantitative estimate of drug-likeness (QED) is 0.809. The zero-order chi connectivity index (χ0) is 13.0. The number of esters is 1. The standard InChI is InChI=1S/C12H17N3O3/c1-18-11(16)7-15(9-4-2-3-5-9)12(17)10-6-13-8-14-10/h6,8-9H,2-5,7H2,1H3,(H,13,14). The highest BCUT2D eigenvalue weighted by atomic mass is 16.5. The van der Waals surface area contributed by atoms with E-state index >= 15 is 0 Å². The van der Waals surface area contributed by atoms with E-state index in [1.165, 1.54) is 19.6 Å². The van der Waals surface area contributed by atoms with Gasteiger partial charge >= 0.3 is 5.97 Å². The molecule has 0 unspecified atom stereocenters. The minimum Gasteiger partial charge on any atom is -0.468 e. The van der Waals surface area contributed by atoms with Gasteiger partial charge < -0.3 is 14.6 Å². The normalized spacial score (nSPS) is 15.6. The first kappa shape index (κ1) is 12.6. The predicted molar refractivity (Wildman–Crippen MR) is 63.9 cm³/mol. The molecule has 1 saturated carbocycles. The van der Waals surface area contributed by atoms with Crippen LogP contribution >= 0.6 is 0 Å². The lowest BCUT2D eigenvalue weighted by Gasteiger charge is -2.27. The molecule has 1 aliphatic carbocycles. The van der Waals surface area contributed by atoms with Crippen molar-refractivity contribution >= 4 is 11.9 Å². The van der Waals surface area contributed by atoms with Crippen molar-refractivity contribution in [1.29, 1.82) is 0 Å². The summed E-state index contributed by atoms with van der Waals surface area (Å²) in [5, 5.41) is 0. The van der Waals surface area contributed by atoms with E-state index in [1.807, 2.05) is 0 Å². The summed E-state index contributed by atoms with van der Waals surface area (Å²) in [6, 6.07) is 0.125. The summed E-state index contributed by atoms with van der Waals surface area (Å²) < 4.78 is 4.65. The third-order valence-corrected chi connectivity index (χ3v) is 3.28. The Hall–Kier alpha value is -1.85. The fraction of sp³-hybridized carbons (Fsp3) is 0.583. The third-order valence-electron chi connectivity index (χ3n) is 3.28. The van der Waals surface area contributed by atoms with Crippen LogP contribution < -0.4 is 0 Å². The Morgan fingerprint density at radius 2 is 2.22 bits per heavy atom. The molecule has 18 heavy (non-hydrogen) atoms. The van der Waals surface area contributed by atoms with Crippen LogP contribution in [0, 0.1) is 0 Å². The number of hydrogen-bond donors (Lipinski definition) is 1. The number of ether oxygens (including phenoxy) is 1. The summed E-state index contributed by atoms with van der Waals surface area (Å²) in [5.41, 5.74) is 0.408.